The zero-order valence-corrected chi connectivity index (χ0v) is 10.6. The van der Waals surface area contributed by atoms with Gasteiger partial charge in [0.1, 0.15) is 0 Å². The van der Waals surface area contributed by atoms with Crippen LogP contribution in [0.15, 0.2) is 29.2 Å². The van der Waals surface area contributed by atoms with E-state index >= 15 is 0 Å². The molecule has 5 nitrogen and oxygen atoms in total. The molecule has 0 aliphatic carbocycles. The third kappa shape index (κ3) is 3.98. The van der Waals surface area contributed by atoms with E-state index in [0.717, 1.165) is 0 Å². The van der Waals surface area contributed by atoms with E-state index < -0.39 is 14.8 Å². The molecule has 0 fully saturated rings. The van der Waals surface area contributed by atoms with Crippen LogP contribution in [0.2, 0.25) is 0 Å². The molecule has 17 heavy (non-hydrogen) atoms. The van der Waals surface area contributed by atoms with Gasteiger partial charge in [-0.2, -0.15) is 0 Å². The minimum Gasteiger partial charge on any atom is -0.258 e. The van der Waals surface area contributed by atoms with Crippen LogP contribution in [0.3, 0.4) is 0 Å². The highest BCUT2D eigenvalue weighted by Crippen LogP contribution is 2.17. The van der Waals surface area contributed by atoms with Crippen molar-refractivity contribution >= 4 is 27.1 Å². The fourth-order valence-electron chi connectivity index (χ4n) is 1.28. The number of sulfone groups is 1. The van der Waals surface area contributed by atoms with Crippen LogP contribution in [0.5, 0.6) is 0 Å². The third-order valence-corrected chi connectivity index (χ3v) is 4.29. The predicted molar refractivity (Wildman–Crippen MR) is 65.1 cm³/mol. The standard InChI is InChI=1S/C10H12ClNO4S/c11-7-1-2-8-17(15,16)10-5-3-9(4-6-10)12(13)14/h3-6H,1-2,7-8H2. The van der Waals surface area contributed by atoms with Crippen LogP contribution in [-0.2, 0) is 9.84 Å². The largest absolute Gasteiger partial charge is 0.269 e. The number of halogens is 1. The van der Waals surface area contributed by atoms with Gasteiger partial charge in [-0.3, -0.25) is 10.1 Å². The molecule has 0 spiro atoms. The summed E-state index contributed by atoms with van der Waals surface area (Å²) in [6.45, 7) is 0. The van der Waals surface area contributed by atoms with Crippen molar-refractivity contribution in [1.82, 2.24) is 0 Å². The number of benzene rings is 1. The second-order valence-electron chi connectivity index (χ2n) is 3.47. The zero-order chi connectivity index (χ0) is 12.9. The molecule has 0 heterocycles. The number of hydrogen-bond acceptors (Lipinski definition) is 4. The molecule has 7 heteroatoms. The van der Waals surface area contributed by atoms with Gasteiger partial charge < -0.3 is 0 Å². The van der Waals surface area contributed by atoms with Crippen molar-refractivity contribution in [1.29, 1.82) is 0 Å². The van der Waals surface area contributed by atoms with E-state index in [2.05, 4.69) is 0 Å². The summed E-state index contributed by atoms with van der Waals surface area (Å²) in [5, 5.41) is 10.4. The van der Waals surface area contributed by atoms with Crippen LogP contribution in [0.25, 0.3) is 0 Å². The number of nitro groups is 1. The van der Waals surface area contributed by atoms with Gasteiger partial charge >= 0.3 is 0 Å². The lowest BCUT2D eigenvalue weighted by molar-refractivity contribution is -0.384. The quantitative estimate of drug-likeness (QED) is 0.346. The fraction of sp³-hybridized carbons (Fsp3) is 0.400. The monoisotopic (exact) mass is 277 g/mol. The average molecular weight is 278 g/mol. The molecule has 0 unspecified atom stereocenters. The Morgan fingerprint density at radius 2 is 1.76 bits per heavy atom. The van der Waals surface area contributed by atoms with Crippen LogP contribution in [0.4, 0.5) is 5.69 Å². The van der Waals surface area contributed by atoms with Gasteiger partial charge in [0.05, 0.1) is 15.6 Å². The lowest BCUT2D eigenvalue weighted by Gasteiger charge is -2.03. The smallest absolute Gasteiger partial charge is 0.258 e. The van der Waals surface area contributed by atoms with E-state index in [4.69, 9.17) is 11.6 Å². The van der Waals surface area contributed by atoms with E-state index in [1.807, 2.05) is 0 Å². The molecule has 0 saturated carbocycles. The second kappa shape index (κ2) is 5.97. The number of rotatable bonds is 6. The minimum atomic E-state index is -3.36. The molecular formula is C10H12ClNO4S. The van der Waals surface area contributed by atoms with Crippen LogP contribution >= 0.6 is 11.6 Å². The molecule has 1 rings (SSSR count). The van der Waals surface area contributed by atoms with Crippen molar-refractivity contribution in [2.75, 3.05) is 11.6 Å². The third-order valence-electron chi connectivity index (χ3n) is 2.20. The lowest BCUT2D eigenvalue weighted by Crippen LogP contribution is -2.07. The molecule has 0 bridgehead atoms. The predicted octanol–water partition coefficient (Wildman–Crippen LogP) is 2.39. The van der Waals surface area contributed by atoms with Crippen molar-refractivity contribution in [2.24, 2.45) is 0 Å². The Hall–Kier alpha value is -1.14. The highest BCUT2D eigenvalue weighted by Gasteiger charge is 2.15. The Morgan fingerprint density at radius 1 is 1.18 bits per heavy atom. The van der Waals surface area contributed by atoms with Crippen molar-refractivity contribution in [3.05, 3.63) is 34.4 Å². The van der Waals surface area contributed by atoms with Gasteiger partial charge in [0, 0.05) is 18.0 Å². The van der Waals surface area contributed by atoms with Crippen molar-refractivity contribution in [3.63, 3.8) is 0 Å². The summed E-state index contributed by atoms with van der Waals surface area (Å²) >= 11 is 5.46. The maximum absolute atomic E-state index is 11.8. The van der Waals surface area contributed by atoms with E-state index in [9.17, 15) is 18.5 Å². The van der Waals surface area contributed by atoms with Gasteiger partial charge in [-0.1, -0.05) is 0 Å². The number of nitrogens with zero attached hydrogens (tertiary/aromatic N) is 1. The van der Waals surface area contributed by atoms with Gasteiger partial charge in [0.2, 0.25) is 0 Å². The van der Waals surface area contributed by atoms with E-state index in [1.165, 1.54) is 24.3 Å². The molecule has 0 radical (unpaired) electrons. The number of hydrogen-bond donors (Lipinski definition) is 0. The molecule has 0 aromatic heterocycles. The Morgan fingerprint density at radius 3 is 2.24 bits per heavy atom. The van der Waals surface area contributed by atoms with E-state index in [1.54, 1.807) is 0 Å². The highest BCUT2D eigenvalue weighted by atomic mass is 35.5. The Bertz CT molecular complexity index is 484. The van der Waals surface area contributed by atoms with Crippen molar-refractivity contribution in [2.45, 2.75) is 17.7 Å². The van der Waals surface area contributed by atoms with E-state index in [-0.39, 0.29) is 16.3 Å². The van der Waals surface area contributed by atoms with Gasteiger partial charge in [-0.25, -0.2) is 8.42 Å². The lowest BCUT2D eigenvalue weighted by atomic mass is 10.3. The molecule has 0 amide bonds. The average Bonchev–Trinajstić information content (AvgIpc) is 2.29. The van der Waals surface area contributed by atoms with Crippen molar-refractivity contribution < 1.29 is 13.3 Å². The highest BCUT2D eigenvalue weighted by molar-refractivity contribution is 7.91. The number of alkyl halides is 1. The van der Waals surface area contributed by atoms with Crippen LogP contribution in [0.1, 0.15) is 12.8 Å². The first-order valence-corrected chi connectivity index (χ1v) is 7.19. The summed E-state index contributed by atoms with van der Waals surface area (Å²) in [6.07, 6.45) is 1.12. The summed E-state index contributed by atoms with van der Waals surface area (Å²) in [6, 6.07) is 4.89. The molecule has 1 aromatic rings. The number of non-ortho nitro benzene ring substituents is 1. The van der Waals surface area contributed by atoms with Crippen molar-refractivity contribution in [3.8, 4) is 0 Å². The molecule has 0 aliphatic rings. The van der Waals surface area contributed by atoms with Gasteiger partial charge in [-0.05, 0) is 25.0 Å². The van der Waals surface area contributed by atoms with Crippen LogP contribution < -0.4 is 0 Å². The summed E-state index contributed by atoms with van der Waals surface area (Å²) in [5.74, 6) is 0.438. The molecule has 0 saturated heterocycles. The number of unbranched alkanes of at least 4 members (excludes halogenated alkanes) is 1. The molecule has 94 valence electrons. The summed E-state index contributed by atoms with van der Waals surface area (Å²) in [7, 11) is -3.36. The molecule has 0 aliphatic heterocycles. The van der Waals surface area contributed by atoms with E-state index in [0.29, 0.717) is 18.7 Å². The van der Waals surface area contributed by atoms with Gasteiger partial charge in [-0.15, -0.1) is 11.6 Å². The maximum Gasteiger partial charge on any atom is 0.269 e. The Balaban J connectivity index is 2.81. The normalized spacial score (nSPS) is 11.4. The molecule has 0 atom stereocenters. The van der Waals surface area contributed by atoms with Gasteiger partial charge in [0.25, 0.3) is 5.69 Å². The summed E-state index contributed by atoms with van der Waals surface area (Å²) in [5.41, 5.74) is -0.121. The first-order valence-electron chi connectivity index (χ1n) is 5.00. The zero-order valence-electron chi connectivity index (χ0n) is 9.00. The topological polar surface area (TPSA) is 77.3 Å². The molecular weight excluding hydrogens is 266 g/mol. The maximum atomic E-state index is 11.8. The second-order valence-corrected chi connectivity index (χ2v) is 5.95. The molecule has 0 N–H and O–H groups in total. The van der Waals surface area contributed by atoms with Crippen LogP contribution in [0, 0.1) is 10.1 Å². The molecule has 1 aromatic carbocycles. The summed E-state index contributed by atoms with van der Waals surface area (Å²) < 4.78 is 23.6. The SMILES string of the molecule is O=[N+]([O-])c1ccc(S(=O)(=O)CCCCCl)cc1. The fourth-order valence-corrected chi connectivity index (χ4v) is 2.84. The minimum absolute atomic E-state index is 0.0114. The number of nitro benzene ring substituents is 1. The Kier molecular flexibility index (Phi) is 4.89. The first kappa shape index (κ1) is 13.9. The first-order chi connectivity index (χ1) is 7.97. The Labute approximate surface area is 104 Å². The van der Waals surface area contributed by atoms with Gasteiger partial charge in [0.15, 0.2) is 9.84 Å². The van der Waals surface area contributed by atoms with Crippen LogP contribution in [-0.4, -0.2) is 25.0 Å². The summed E-state index contributed by atoms with van der Waals surface area (Å²) in [4.78, 5) is 9.96.